The van der Waals surface area contributed by atoms with Crippen LogP contribution in [-0.4, -0.2) is 22.9 Å². The third-order valence-electron chi connectivity index (χ3n) is 2.50. The summed E-state index contributed by atoms with van der Waals surface area (Å²) in [6.07, 6.45) is 3.62. The van der Waals surface area contributed by atoms with E-state index in [1.165, 1.54) is 5.57 Å². The third kappa shape index (κ3) is 1.07. The fraction of sp³-hybridized carbons (Fsp3) is 0.556. The number of nitrogens with zero attached hydrogens (tertiary/aromatic N) is 1. The number of carbonyl (C=O) groups excluding carboxylic acids is 1. The first-order valence-corrected chi connectivity index (χ1v) is 4.86. The second-order valence-electron chi connectivity index (χ2n) is 3.51. The van der Waals surface area contributed by atoms with Crippen molar-refractivity contribution in [2.24, 2.45) is 4.99 Å². The van der Waals surface area contributed by atoms with Gasteiger partial charge in [0, 0.05) is 11.8 Å². The topological polar surface area (TPSA) is 29.4 Å². The zero-order valence-electron chi connectivity index (χ0n) is 6.93. The molecule has 3 heteroatoms. The van der Waals surface area contributed by atoms with Crippen molar-refractivity contribution in [3.05, 3.63) is 11.1 Å². The van der Waals surface area contributed by atoms with Crippen LogP contribution >= 0.6 is 15.9 Å². The molecule has 1 atom stereocenters. The van der Waals surface area contributed by atoms with E-state index in [1.54, 1.807) is 6.21 Å². The van der Waals surface area contributed by atoms with Crippen LogP contribution < -0.4 is 0 Å². The summed E-state index contributed by atoms with van der Waals surface area (Å²) in [7, 11) is 0. The van der Waals surface area contributed by atoms with Gasteiger partial charge < -0.3 is 0 Å². The van der Waals surface area contributed by atoms with Crippen molar-refractivity contribution < 1.29 is 4.79 Å². The van der Waals surface area contributed by atoms with Crippen LogP contribution in [0.25, 0.3) is 0 Å². The molecule has 0 bridgehead atoms. The molecule has 0 fully saturated rings. The number of hydrogen-bond donors (Lipinski definition) is 0. The Labute approximate surface area is 79.9 Å². The monoisotopic (exact) mass is 227 g/mol. The summed E-state index contributed by atoms with van der Waals surface area (Å²) in [5.74, 6) is 0.199. The van der Waals surface area contributed by atoms with Crippen LogP contribution in [0.4, 0.5) is 0 Å². The maximum Gasteiger partial charge on any atom is 0.180 e. The number of ketones is 1. The van der Waals surface area contributed by atoms with E-state index in [2.05, 4.69) is 20.9 Å². The van der Waals surface area contributed by atoms with Crippen molar-refractivity contribution in [1.82, 2.24) is 0 Å². The quantitative estimate of drug-likeness (QED) is 0.582. The number of carbonyl (C=O) groups is 1. The molecule has 1 aliphatic heterocycles. The highest BCUT2D eigenvalue weighted by Gasteiger charge is 2.37. The lowest BCUT2D eigenvalue weighted by Crippen LogP contribution is -2.33. The van der Waals surface area contributed by atoms with Gasteiger partial charge in [0.05, 0.1) is 10.9 Å². The molecule has 1 aliphatic carbocycles. The maximum absolute atomic E-state index is 11.7. The Morgan fingerprint density at radius 1 is 1.67 bits per heavy atom. The first-order valence-electron chi connectivity index (χ1n) is 4.07. The highest BCUT2D eigenvalue weighted by atomic mass is 79.9. The number of hydrogen-bond acceptors (Lipinski definition) is 2. The van der Waals surface area contributed by atoms with Crippen LogP contribution in [0.1, 0.15) is 19.8 Å². The first kappa shape index (κ1) is 8.17. The van der Waals surface area contributed by atoms with Gasteiger partial charge in [-0.05, 0) is 25.3 Å². The fourth-order valence-corrected chi connectivity index (χ4v) is 2.05. The molecule has 2 aliphatic rings. The maximum atomic E-state index is 11.7. The number of Topliss-reactive ketones (excluding diaryl/α,β-unsaturated/α-hetero) is 1. The summed E-state index contributed by atoms with van der Waals surface area (Å²) < 4.78 is -0.345. The number of halogens is 1. The van der Waals surface area contributed by atoms with Crippen LogP contribution in [0.5, 0.6) is 0 Å². The van der Waals surface area contributed by atoms with Crippen molar-refractivity contribution in [3.63, 3.8) is 0 Å². The van der Waals surface area contributed by atoms with Gasteiger partial charge in [0.2, 0.25) is 0 Å². The zero-order valence-corrected chi connectivity index (χ0v) is 8.52. The van der Waals surface area contributed by atoms with Crippen molar-refractivity contribution in [3.8, 4) is 0 Å². The summed E-state index contributed by atoms with van der Waals surface area (Å²) in [6.45, 7) is 2.68. The molecule has 12 heavy (non-hydrogen) atoms. The Morgan fingerprint density at radius 3 is 3.17 bits per heavy atom. The summed E-state index contributed by atoms with van der Waals surface area (Å²) in [5, 5.41) is 0. The molecule has 2 nitrogen and oxygen atoms in total. The van der Waals surface area contributed by atoms with E-state index in [9.17, 15) is 4.79 Å². The van der Waals surface area contributed by atoms with E-state index in [-0.39, 0.29) is 10.1 Å². The predicted molar refractivity (Wildman–Crippen MR) is 52.0 cm³/mol. The first-order chi connectivity index (χ1) is 5.61. The third-order valence-corrected chi connectivity index (χ3v) is 3.25. The second kappa shape index (κ2) is 2.52. The highest BCUT2D eigenvalue weighted by molar-refractivity contribution is 9.10. The Hall–Kier alpha value is -0.440. The van der Waals surface area contributed by atoms with Gasteiger partial charge >= 0.3 is 0 Å². The lowest BCUT2D eigenvalue weighted by atomic mass is 9.85. The largest absolute Gasteiger partial charge is 0.293 e. The minimum absolute atomic E-state index is 0.199. The number of aliphatic imine (C=N–C) groups is 1. The summed E-state index contributed by atoms with van der Waals surface area (Å²) >= 11 is 3.45. The van der Waals surface area contributed by atoms with E-state index < -0.39 is 0 Å². The van der Waals surface area contributed by atoms with Gasteiger partial charge in [-0.25, -0.2) is 0 Å². The van der Waals surface area contributed by atoms with E-state index in [0.717, 1.165) is 25.0 Å². The average Bonchev–Trinajstić information content (AvgIpc) is 2.45. The van der Waals surface area contributed by atoms with Crippen molar-refractivity contribution >= 4 is 27.9 Å². The Bertz CT molecular complexity index is 302. The normalized spacial score (nSPS) is 34.3. The standard InChI is InChI=1S/C9H10BrNO/c1-9(10)3-2-6-4-11-5-7(6)8(9)12/h5H,2-4H2,1H3. The summed E-state index contributed by atoms with van der Waals surface area (Å²) in [6, 6.07) is 0. The van der Waals surface area contributed by atoms with E-state index in [4.69, 9.17) is 0 Å². The zero-order chi connectivity index (χ0) is 8.77. The van der Waals surface area contributed by atoms with Crippen LogP contribution in [0, 0.1) is 0 Å². The molecule has 0 aromatic rings. The molecule has 0 saturated carbocycles. The van der Waals surface area contributed by atoms with Gasteiger partial charge in [-0.15, -0.1) is 0 Å². The van der Waals surface area contributed by atoms with Gasteiger partial charge in [-0.1, -0.05) is 15.9 Å². The van der Waals surface area contributed by atoms with Gasteiger partial charge in [-0.2, -0.15) is 0 Å². The molecule has 0 spiro atoms. The van der Waals surface area contributed by atoms with Crippen molar-refractivity contribution in [2.45, 2.75) is 24.1 Å². The molecule has 0 aromatic heterocycles. The molecule has 0 saturated heterocycles. The van der Waals surface area contributed by atoms with Crippen LogP contribution in [0.3, 0.4) is 0 Å². The smallest absolute Gasteiger partial charge is 0.180 e. The summed E-state index contributed by atoms with van der Waals surface area (Å²) in [5.41, 5.74) is 2.07. The SMILES string of the molecule is CC1(Br)CCC2=C(C=NC2)C1=O. The van der Waals surface area contributed by atoms with E-state index >= 15 is 0 Å². The predicted octanol–water partition coefficient (Wildman–Crippen LogP) is 1.88. The van der Waals surface area contributed by atoms with Gasteiger partial charge in [0.15, 0.2) is 5.78 Å². The molecule has 1 heterocycles. The van der Waals surface area contributed by atoms with Crippen molar-refractivity contribution in [2.75, 3.05) is 6.54 Å². The molecular weight excluding hydrogens is 218 g/mol. The molecule has 0 N–H and O–H groups in total. The molecule has 0 amide bonds. The molecule has 2 rings (SSSR count). The van der Waals surface area contributed by atoms with Gasteiger partial charge in [0.1, 0.15) is 0 Å². The minimum atomic E-state index is -0.345. The number of rotatable bonds is 0. The highest BCUT2D eigenvalue weighted by Crippen LogP contribution is 2.36. The number of alkyl halides is 1. The van der Waals surface area contributed by atoms with Crippen LogP contribution in [-0.2, 0) is 4.79 Å². The average molecular weight is 228 g/mol. The van der Waals surface area contributed by atoms with Crippen LogP contribution in [0.2, 0.25) is 0 Å². The summed E-state index contributed by atoms with van der Waals surface area (Å²) in [4.78, 5) is 15.8. The molecule has 0 radical (unpaired) electrons. The minimum Gasteiger partial charge on any atom is -0.293 e. The van der Waals surface area contributed by atoms with Gasteiger partial charge in [-0.3, -0.25) is 9.79 Å². The van der Waals surface area contributed by atoms with E-state index in [0.29, 0.717) is 0 Å². The van der Waals surface area contributed by atoms with E-state index in [1.807, 2.05) is 6.92 Å². The lowest BCUT2D eigenvalue weighted by Gasteiger charge is -2.26. The van der Waals surface area contributed by atoms with Crippen molar-refractivity contribution in [1.29, 1.82) is 0 Å². The Morgan fingerprint density at radius 2 is 2.42 bits per heavy atom. The fourth-order valence-electron chi connectivity index (χ4n) is 1.64. The Balaban J connectivity index is 2.40. The van der Waals surface area contributed by atoms with Crippen LogP contribution in [0.15, 0.2) is 16.1 Å². The Kier molecular flexibility index (Phi) is 1.72. The molecule has 0 aromatic carbocycles. The lowest BCUT2D eigenvalue weighted by molar-refractivity contribution is -0.117. The molecule has 1 unspecified atom stereocenters. The van der Waals surface area contributed by atoms with Gasteiger partial charge in [0.25, 0.3) is 0 Å². The molecule has 64 valence electrons. The second-order valence-corrected chi connectivity index (χ2v) is 5.26. The number of allylic oxidation sites excluding steroid dienone is 1. The molecular formula is C9H10BrNO.